The summed E-state index contributed by atoms with van der Waals surface area (Å²) in [5, 5.41) is 3.03. The van der Waals surface area contributed by atoms with E-state index in [0.717, 1.165) is 30.3 Å². The minimum atomic E-state index is -0.0703. The highest BCUT2D eigenvalue weighted by Gasteiger charge is 2.30. The molecule has 1 N–H and O–H groups in total. The number of amides is 1. The van der Waals surface area contributed by atoms with Gasteiger partial charge in [-0.25, -0.2) is 0 Å². The highest BCUT2D eigenvalue weighted by molar-refractivity contribution is 5.92. The topological polar surface area (TPSA) is 41.6 Å². The van der Waals surface area contributed by atoms with Gasteiger partial charge in [-0.2, -0.15) is 0 Å². The number of carbonyl (C=O) groups excluding carboxylic acids is 1. The van der Waals surface area contributed by atoms with Gasteiger partial charge in [0.05, 0.1) is 7.11 Å². The number of likely N-dealkylation sites (tertiary alicyclic amines) is 1. The number of hydrogen-bond donors (Lipinski definition) is 1. The van der Waals surface area contributed by atoms with Gasteiger partial charge in [-0.15, -0.1) is 0 Å². The normalized spacial score (nSPS) is 19.4. The van der Waals surface area contributed by atoms with Crippen molar-refractivity contribution in [3.63, 3.8) is 0 Å². The third-order valence-electron chi connectivity index (χ3n) is 4.76. The van der Waals surface area contributed by atoms with Gasteiger partial charge >= 0.3 is 0 Å². The van der Waals surface area contributed by atoms with Gasteiger partial charge in [-0.05, 0) is 51.3 Å². The first kappa shape index (κ1) is 18.5. The van der Waals surface area contributed by atoms with E-state index in [1.165, 1.54) is 12.8 Å². The van der Waals surface area contributed by atoms with Gasteiger partial charge in [0, 0.05) is 30.3 Å². The molecule has 1 fully saturated rings. The Morgan fingerprint density at radius 1 is 1.42 bits per heavy atom. The molecule has 1 aliphatic rings. The largest absolute Gasteiger partial charge is 0.496 e. The van der Waals surface area contributed by atoms with E-state index in [0.29, 0.717) is 6.54 Å². The standard InChI is InChI=1S/C20H30N2O2/c1-16-8-7-13-22(14-16)20(2,3)15-21-19(23)12-11-17-9-5-6-10-18(17)24-4/h5-6,9-12,16H,7-8,13-15H2,1-4H3,(H,21,23). The fourth-order valence-electron chi connectivity index (χ4n) is 3.18. The smallest absolute Gasteiger partial charge is 0.244 e. The molecule has 0 bridgehead atoms. The molecule has 1 atom stereocenters. The third-order valence-corrected chi connectivity index (χ3v) is 4.76. The van der Waals surface area contributed by atoms with Crippen molar-refractivity contribution in [3.8, 4) is 5.75 Å². The summed E-state index contributed by atoms with van der Waals surface area (Å²) in [6.45, 7) is 9.58. The molecular weight excluding hydrogens is 300 g/mol. The van der Waals surface area contributed by atoms with E-state index < -0.39 is 0 Å². The lowest BCUT2D eigenvalue weighted by Crippen LogP contribution is -2.54. The van der Waals surface area contributed by atoms with Gasteiger partial charge in [0.1, 0.15) is 5.75 Å². The molecule has 1 aromatic rings. The van der Waals surface area contributed by atoms with Crippen LogP contribution in [0.25, 0.3) is 6.08 Å². The van der Waals surface area contributed by atoms with E-state index in [-0.39, 0.29) is 11.4 Å². The lowest BCUT2D eigenvalue weighted by molar-refractivity contribution is -0.117. The zero-order valence-electron chi connectivity index (χ0n) is 15.3. The molecule has 1 aromatic carbocycles. The van der Waals surface area contributed by atoms with Crippen LogP contribution >= 0.6 is 0 Å². The summed E-state index contributed by atoms with van der Waals surface area (Å²) in [6.07, 6.45) is 5.92. The Kier molecular flexibility index (Phi) is 6.44. The molecular formula is C20H30N2O2. The van der Waals surface area contributed by atoms with Gasteiger partial charge in [-0.1, -0.05) is 25.1 Å². The van der Waals surface area contributed by atoms with E-state index >= 15 is 0 Å². The molecule has 4 heteroatoms. The Bertz CT molecular complexity index is 581. The lowest BCUT2D eigenvalue weighted by atomic mass is 9.93. The molecule has 1 unspecified atom stereocenters. The third kappa shape index (κ3) is 5.10. The van der Waals surface area contributed by atoms with Crippen molar-refractivity contribution >= 4 is 12.0 Å². The number of carbonyl (C=O) groups is 1. The highest BCUT2D eigenvalue weighted by atomic mass is 16.5. The van der Waals surface area contributed by atoms with E-state index in [1.54, 1.807) is 19.3 Å². The number of ether oxygens (including phenoxy) is 1. The molecule has 0 radical (unpaired) electrons. The summed E-state index contributed by atoms with van der Waals surface area (Å²) < 4.78 is 5.29. The van der Waals surface area contributed by atoms with Crippen molar-refractivity contribution in [3.05, 3.63) is 35.9 Å². The van der Waals surface area contributed by atoms with Crippen molar-refractivity contribution in [2.24, 2.45) is 5.92 Å². The fraction of sp³-hybridized carbons (Fsp3) is 0.550. The van der Waals surface area contributed by atoms with E-state index in [4.69, 9.17) is 4.74 Å². The van der Waals surface area contributed by atoms with Crippen LogP contribution in [0.2, 0.25) is 0 Å². The predicted octanol–water partition coefficient (Wildman–Crippen LogP) is 3.34. The predicted molar refractivity (Wildman–Crippen MR) is 99.1 cm³/mol. The van der Waals surface area contributed by atoms with E-state index in [2.05, 4.69) is 31.0 Å². The molecule has 0 spiro atoms. The number of rotatable bonds is 6. The first-order valence-corrected chi connectivity index (χ1v) is 8.76. The minimum absolute atomic E-state index is 0.0252. The maximum absolute atomic E-state index is 12.2. The summed E-state index contributed by atoms with van der Waals surface area (Å²) in [7, 11) is 1.63. The van der Waals surface area contributed by atoms with Crippen LogP contribution in [0.5, 0.6) is 5.75 Å². The first-order valence-electron chi connectivity index (χ1n) is 8.76. The molecule has 4 nitrogen and oxygen atoms in total. The number of hydrogen-bond acceptors (Lipinski definition) is 3. The number of piperidine rings is 1. The Morgan fingerprint density at radius 3 is 2.88 bits per heavy atom. The summed E-state index contributed by atoms with van der Waals surface area (Å²) in [6, 6.07) is 7.67. The second kappa shape index (κ2) is 8.34. The molecule has 132 valence electrons. The molecule has 1 heterocycles. The van der Waals surface area contributed by atoms with E-state index in [9.17, 15) is 4.79 Å². The Labute approximate surface area is 145 Å². The van der Waals surface area contributed by atoms with Gasteiger partial charge in [0.25, 0.3) is 0 Å². The van der Waals surface area contributed by atoms with Gasteiger partial charge in [-0.3, -0.25) is 9.69 Å². The van der Waals surface area contributed by atoms with Crippen molar-refractivity contribution in [2.45, 2.75) is 39.2 Å². The van der Waals surface area contributed by atoms with Crippen LogP contribution in [-0.2, 0) is 4.79 Å². The SMILES string of the molecule is COc1ccccc1C=CC(=O)NCC(C)(C)N1CCCC(C)C1. The second-order valence-corrected chi connectivity index (χ2v) is 7.30. The molecule has 1 aliphatic heterocycles. The van der Waals surface area contributed by atoms with Crippen LogP contribution in [0.4, 0.5) is 0 Å². The monoisotopic (exact) mass is 330 g/mol. The number of methoxy groups -OCH3 is 1. The summed E-state index contributed by atoms with van der Waals surface area (Å²) in [4.78, 5) is 14.6. The fourth-order valence-corrected chi connectivity index (χ4v) is 3.18. The van der Waals surface area contributed by atoms with Crippen molar-refractivity contribution in [1.29, 1.82) is 0 Å². The average molecular weight is 330 g/mol. The minimum Gasteiger partial charge on any atom is -0.496 e. The summed E-state index contributed by atoms with van der Waals surface area (Å²) in [5.74, 6) is 1.43. The van der Waals surface area contributed by atoms with Crippen LogP contribution in [0.1, 0.15) is 39.2 Å². The summed E-state index contributed by atoms with van der Waals surface area (Å²) in [5.41, 5.74) is 0.877. The average Bonchev–Trinajstić information content (AvgIpc) is 2.58. The van der Waals surface area contributed by atoms with Gasteiger partial charge < -0.3 is 10.1 Å². The Morgan fingerprint density at radius 2 is 2.17 bits per heavy atom. The molecule has 1 saturated heterocycles. The number of para-hydroxylation sites is 1. The highest BCUT2D eigenvalue weighted by Crippen LogP contribution is 2.23. The molecule has 1 amide bonds. The Hall–Kier alpha value is -1.81. The Balaban J connectivity index is 1.89. The quantitative estimate of drug-likeness (QED) is 0.814. The molecule has 2 rings (SSSR count). The van der Waals surface area contributed by atoms with Crippen LogP contribution in [-0.4, -0.2) is 43.1 Å². The van der Waals surface area contributed by atoms with Gasteiger partial charge in [0.15, 0.2) is 0 Å². The van der Waals surface area contributed by atoms with Crippen LogP contribution in [0, 0.1) is 5.92 Å². The van der Waals surface area contributed by atoms with E-state index in [1.807, 2.05) is 24.3 Å². The second-order valence-electron chi connectivity index (χ2n) is 7.30. The molecule has 0 aromatic heterocycles. The van der Waals surface area contributed by atoms with Gasteiger partial charge in [0.2, 0.25) is 5.91 Å². The van der Waals surface area contributed by atoms with Crippen LogP contribution in [0.3, 0.4) is 0 Å². The van der Waals surface area contributed by atoms with Crippen molar-refractivity contribution < 1.29 is 9.53 Å². The van der Waals surface area contributed by atoms with Crippen molar-refractivity contribution in [1.82, 2.24) is 10.2 Å². The summed E-state index contributed by atoms with van der Waals surface area (Å²) >= 11 is 0. The number of nitrogens with zero attached hydrogens (tertiary/aromatic N) is 1. The zero-order valence-corrected chi connectivity index (χ0v) is 15.3. The zero-order chi connectivity index (χ0) is 17.6. The lowest BCUT2D eigenvalue weighted by Gasteiger charge is -2.43. The first-order chi connectivity index (χ1) is 11.4. The molecule has 0 saturated carbocycles. The van der Waals surface area contributed by atoms with Crippen LogP contribution in [0.15, 0.2) is 30.3 Å². The number of benzene rings is 1. The van der Waals surface area contributed by atoms with Crippen molar-refractivity contribution in [2.75, 3.05) is 26.7 Å². The molecule has 0 aliphatic carbocycles. The van der Waals surface area contributed by atoms with Crippen LogP contribution < -0.4 is 10.1 Å². The number of nitrogens with one attached hydrogen (secondary N) is 1. The maximum Gasteiger partial charge on any atom is 0.244 e. The molecule has 24 heavy (non-hydrogen) atoms. The maximum atomic E-state index is 12.2.